The normalized spacial score (nSPS) is 17.8. The lowest BCUT2D eigenvalue weighted by Crippen LogP contribution is -2.44. The van der Waals surface area contributed by atoms with Crippen LogP contribution in [0.1, 0.15) is 43.3 Å². The van der Waals surface area contributed by atoms with Crippen molar-refractivity contribution >= 4 is 47.2 Å². The molecule has 0 spiro atoms. The smallest absolute Gasteiger partial charge is 0.224 e. The number of halogens is 1. The number of amides is 1. The van der Waals surface area contributed by atoms with E-state index in [9.17, 15) is 4.79 Å². The molecule has 0 bridgehead atoms. The van der Waals surface area contributed by atoms with Gasteiger partial charge in [-0.05, 0) is 33.1 Å². The van der Waals surface area contributed by atoms with E-state index in [0.29, 0.717) is 19.0 Å². The van der Waals surface area contributed by atoms with Crippen LogP contribution < -0.4 is 10.6 Å². The Morgan fingerprint density at radius 2 is 2.16 bits per heavy atom. The number of aromatic nitrogens is 1. The number of nitrogens with zero attached hydrogens (tertiary/aromatic N) is 3. The van der Waals surface area contributed by atoms with E-state index in [4.69, 9.17) is 0 Å². The van der Waals surface area contributed by atoms with E-state index in [0.717, 1.165) is 49.0 Å². The topological polar surface area (TPSA) is 69.6 Å². The maximum Gasteiger partial charge on any atom is 0.224 e. The van der Waals surface area contributed by atoms with Gasteiger partial charge in [0.15, 0.2) is 5.96 Å². The molecule has 1 amide bonds. The molecule has 1 unspecified atom stereocenters. The largest absolute Gasteiger partial charge is 0.356 e. The highest BCUT2D eigenvalue weighted by Gasteiger charge is 2.22. The summed E-state index contributed by atoms with van der Waals surface area (Å²) in [5, 5.41) is 9.67. The first-order chi connectivity index (χ1) is 11.6. The summed E-state index contributed by atoms with van der Waals surface area (Å²) in [5.41, 5.74) is 1.11. The Labute approximate surface area is 171 Å². The van der Waals surface area contributed by atoms with Crippen molar-refractivity contribution in [3.8, 4) is 0 Å². The van der Waals surface area contributed by atoms with Crippen molar-refractivity contribution in [2.45, 2.75) is 52.0 Å². The molecule has 25 heavy (non-hydrogen) atoms. The van der Waals surface area contributed by atoms with Gasteiger partial charge in [0.2, 0.25) is 5.91 Å². The molecule has 2 heterocycles. The van der Waals surface area contributed by atoms with E-state index < -0.39 is 0 Å². The average Bonchev–Trinajstić information content (AvgIpc) is 2.99. The van der Waals surface area contributed by atoms with Crippen molar-refractivity contribution in [3.63, 3.8) is 0 Å². The molecule has 1 atom stereocenters. The first-order valence-electron chi connectivity index (χ1n) is 8.75. The summed E-state index contributed by atoms with van der Waals surface area (Å²) in [6.45, 7) is 6.45. The fourth-order valence-electron chi connectivity index (χ4n) is 2.95. The van der Waals surface area contributed by atoms with Crippen molar-refractivity contribution in [1.29, 1.82) is 0 Å². The van der Waals surface area contributed by atoms with Crippen molar-refractivity contribution in [2.75, 3.05) is 26.7 Å². The highest BCUT2D eigenvalue weighted by atomic mass is 127. The van der Waals surface area contributed by atoms with E-state index in [1.165, 1.54) is 6.42 Å². The Morgan fingerprint density at radius 1 is 1.40 bits per heavy atom. The maximum absolute atomic E-state index is 12.3. The Morgan fingerprint density at radius 3 is 2.80 bits per heavy atom. The second kappa shape index (κ2) is 11.7. The predicted octanol–water partition coefficient (Wildman–Crippen LogP) is 2.57. The maximum atomic E-state index is 12.3. The number of piperidine rings is 1. The summed E-state index contributed by atoms with van der Waals surface area (Å²) < 4.78 is 0. The molecule has 2 rings (SSSR count). The first kappa shape index (κ1) is 22.1. The third-order valence-corrected chi connectivity index (χ3v) is 5.14. The highest BCUT2D eigenvalue weighted by Crippen LogP contribution is 2.16. The number of carbonyl (C=O) groups excluding carboxylic acids is 1. The molecule has 8 heteroatoms. The van der Waals surface area contributed by atoms with Crippen LogP contribution in [0.3, 0.4) is 0 Å². The molecule has 1 aromatic rings. The van der Waals surface area contributed by atoms with E-state index in [2.05, 4.69) is 32.9 Å². The van der Waals surface area contributed by atoms with Crippen LogP contribution in [0.25, 0.3) is 0 Å². The minimum absolute atomic E-state index is 0. The molecule has 1 saturated heterocycles. The Balaban J connectivity index is 0.00000312. The van der Waals surface area contributed by atoms with Crippen molar-refractivity contribution in [1.82, 2.24) is 20.5 Å². The van der Waals surface area contributed by atoms with Crippen LogP contribution in [0.15, 0.2) is 10.4 Å². The number of likely N-dealkylation sites (tertiary alicyclic amines) is 1. The van der Waals surface area contributed by atoms with Gasteiger partial charge in [0.1, 0.15) is 0 Å². The van der Waals surface area contributed by atoms with Gasteiger partial charge in [-0.2, -0.15) is 0 Å². The van der Waals surface area contributed by atoms with Crippen LogP contribution in [0.5, 0.6) is 0 Å². The quantitative estimate of drug-likeness (QED) is 0.374. The van der Waals surface area contributed by atoms with Crippen LogP contribution in [0, 0.1) is 6.92 Å². The van der Waals surface area contributed by atoms with E-state index in [1.807, 2.05) is 11.8 Å². The molecule has 1 aliphatic rings. The number of carbonyl (C=O) groups is 1. The summed E-state index contributed by atoms with van der Waals surface area (Å²) in [5.74, 6) is 0.976. The van der Waals surface area contributed by atoms with Crippen LogP contribution >= 0.6 is 35.3 Å². The van der Waals surface area contributed by atoms with Gasteiger partial charge in [-0.15, -0.1) is 35.3 Å². The minimum Gasteiger partial charge on any atom is -0.356 e. The fourth-order valence-corrected chi connectivity index (χ4v) is 3.60. The minimum atomic E-state index is 0. The van der Waals surface area contributed by atoms with Gasteiger partial charge in [-0.3, -0.25) is 9.79 Å². The van der Waals surface area contributed by atoms with Gasteiger partial charge < -0.3 is 15.5 Å². The first-order valence-corrected chi connectivity index (χ1v) is 9.63. The lowest BCUT2D eigenvalue weighted by atomic mass is 10.0. The summed E-state index contributed by atoms with van der Waals surface area (Å²) in [7, 11) is 1.75. The molecule has 1 fully saturated rings. The molecular formula is C17H30IN5OS. The second-order valence-electron chi connectivity index (χ2n) is 6.22. The van der Waals surface area contributed by atoms with Gasteiger partial charge in [0.25, 0.3) is 0 Å². The number of aryl methyl sites for hydroxylation is 1. The number of thiazole rings is 1. The van der Waals surface area contributed by atoms with Gasteiger partial charge in [-0.25, -0.2) is 4.98 Å². The number of nitrogens with one attached hydrogen (secondary N) is 2. The molecule has 1 aromatic heterocycles. The highest BCUT2D eigenvalue weighted by molar-refractivity contribution is 14.0. The molecule has 6 nitrogen and oxygen atoms in total. The zero-order valence-corrected chi connectivity index (χ0v) is 18.5. The van der Waals surface area contributed by atoms with E-state index in [-0.39, 0.29) is 29.9 Å². The molecule has 142 valence electrons. The monoisotopic (exact) mass is 479 g/mol. The Hall–Kier alpha value is -0.900. The van der Waals surface area contributed by atoms with Crippen molar-refractivity contribution in [3.05, 3.63) is 16.1 Å². The molecule has 2 N–H and O–H groups in total. The summed E-state index contributed by atoms with van der Waals surface area (Å²) in [6.07, 6.45) is 4.87. The van der Waals surface area contributed by atoms with Crippen molar-refractivity contribution in [2.24, 2.45) is 4.99 Å². The zero-order chi connectivity index (χ0) is 17.4. The molecular weight excluding hydrogens is 449 g/mol. The van der Waals surface area contributed by atoms with Crippen molar-refractivity contribution < 1.29 is 4.79 Å². The zero-order valence-electron chi connectivity index (χ0n) is 15.4. The SMILES string of the molecule is CN=C(NCCC(=O)N1CCCCC1C)NCCc1csc(C)n1.I. The van der Waals surface area contributed by atoms with Gasteiger partial charge in [-0.1, -0.05) is 0 Å². The van der Waals surface area contributed by atoms with E-state index >= 15 is 0 Å². The average molecular weight is 479 g/mol. The number of rotatable bonds is 6. The third kappa shape index (κ3) is 7.47. The number of guanidine groups is 1. The van der Waals surface area contributed by atoms with E-state index in [1.54, 1.807) is 18.4 Å². The molecule has 0 saturated carbocycles. The van der Waals surface area contributed by atoms with Crippen LogP contribution in [-0.2, 0) is 11.2 Å². The molecule has 1 aliphatic heterocycles. The number of hydrogen-bond acceptors (Lipinski definition) is 4. The van der Waals surface area contributed by atoms with Crippen LogP contribution in [0.4, 0.5) is 0 Å². The summed E-state index contributed by atoms with van der Waals surface area (Å²) >= 11 is 1.67. The molecule has 0 aliphatic carbocycles. The molecule has 0 aromatic carbocycles. The van der Waals surface area contributed by atoms with Gasteiger partial charge >= 0.3 is 0 Å². The summed E-state index contributed by atoms with van der Waals surface area (Å²) in [4.78, 5) is 23.0. The Kier molecular flexibility index (Phi) is 10.3. The van der Waals surface area contributed by atoms with Crippen LogP contribution in [-0.4, -0.2) is 54.5 Å². The van der Waals surface area contributed by atoms with Gasteiger partial charge in [0, 0.05) is 50.9 Å². The third-order valence-electron chi connectivity index (χ3n) is 4.32. The second-order valence-corrected chi connectivity index (χ2v) is 7.28. The van der Waals surface area contributed by atoms with Gasteiger partial charge in [0.05, 0.1) is 10.7 Å². The number of aliphatic imine (C=N–C) groups is 1. The summed E-state index contributed by atoms with van der Waals surface area (Å²) in [6, 6.07) is 0.380. The lowest BCUT2D eigenvalue weighted by Gasteiger charge is -2.33. The Bertz CT molecular complexity index is 563. The predicted molar refractivity (Wildman–Crippen MR) is 115 cm³/mol. The number of hydrogen-bond donors (Lipinski definition) is 2. The fraction of sp³-hybridized carbons (Fsp3) is 0.706. The van der Waals surface area contributed by atoms with Crippen LogP contribution in [0.2, 0.25) is 0 Å². The molecule has 0 radical (unpaired) electrons. The standard InChI is InChI=1S/C17H29N5OS.HI/c1-13-6-4-5-11-22(13)16(23)8-10-20-17(18-3)19-9-7-15-12-24-14(2)21-15;/h12-13H,4-11H2,1-3H3,(H2,18,19,20);1H. The lowest BCUT2D eigenvalue weighted by molar-refractivity contribution is -0.134.